The molecule has 2 bridgehead atoms. The van der Waals surface area contributed by atoms with E-state index >= 15 is 0 Å². The summed E-state index contributed by atoms with van der Waals surface area (Å²) >= 11 is 0. The number of allylic oxidation sites excluding steroid dienone is 2. The van der Waals surface area contributed by atoms with Crippen LogP contribution in [0.5, 0.6) is 0 Å². The maximum Gasteiger partial charge on any atom is 0.330 e. The molecule has 0 aromatic rings. The van der Waals surface area contributed by atoms with Crippen molar-refractivity contribution in [1.29, 1.82) is 0 Å². The highest BCUT2D eigenvalue weighted by atomic mass is 16.6. The zero-order valence-electron chi connectivity index (χ0n) is 18.2. The third kappa shape index (κ3) is 7.22. The molecule has 166 valence electrons. The number of epoxide rings is 1. The normalized spacial score (nSPS) is 38.2. The van der Waals surface area contributed by atoms with E-state index in [9.17, 15) is 9.90 Å². The predicted molar refractivity (Wildman–Crippen MR) is 117 cm³/mol. The van der Waals surface area contributed by atoms with E-state index in [-0.39, 0.29) is 24.4 Å². The molecule has 7 atom stereocenters. The molecule has 1 fully saturated rings. The lowest BCUT2D eigenvalue weighted by molar-refractivity contribution is -0.148. The van der Waals surface area contributed by atoms with E-state index in [0.717, 1.165) is 32.1 Å². The van der Waals surface area contributed by atoms with Crippen LogP contribution in [0.3, 0.4) is 0 Å². The number of hydrogen-bond acceptors (Lipinski definition) is 5. The number of hydrogen-bond donors (Lipinski definition) is 1. The van der Waals surface area contributed by atoms with Crippen LogP contribution in [0.15, 0.2) is 48.6 Å². The van der Waals surface area contributed by atoms with Crippen LogP contribution in [0.25, 0.3) is 0 Å². The first-order chi connectivity index (χ1) is 14.4. The summed E-state index contributed by atoms with van der Waals surface area (Å²) in [5.41, 5.74) is 1.25. The molecule has 0 spiro atoms. The van der Waals surface area contributed by atoms with Gasteiger partial charge in [-0.05, 0) is 51.4 Å². The molecule has 0 radical (unpaired) electrons. The highest BCUT2D eigenvalue weighted by Gasteiger charge is 2.41. The second-order valence-corrected chi connectivity index (χ2v) is 8.87. The Morgan fingerprint density at radius 3 is 2.83 bits per heavy atom. The number of aliphatic hydroxyl groups is 1. The molecular weight excluding hydrogens is 380 g/mol. The van der Waals surface area contributed by atoms with Gasteiger partial charge in [0.15, 0.2) is 0 Å². The van der Waals surface area contributed by atoms with Gasteiger partial charge in [-0.25, -0.2) is 4.79 Å². The van der Waals surface area contributed by atoms with E-state index in [1.807, 2.05) is 6.92 Å². The van der Waals surface area contributed by atoms with E-state index in [1.54, 1.807) is 18.2 Å². The number of carbonyl (C=O) groups excluding carboxylic acids is 1. The van der Waals surface area contributed by atoms with Gasteiger partial charge in [0, 0.05) is 12.5 Å². The molecule has 0 amide bonds. The molecule has 0 saturated carbocycles. The third-order valence-electron chi connectivity index (χ3n) is 6.01. The Hall–Kier alpha value is -1.69. The van der Waals surface area contributed by atoms with Crippen molar-refractivity contribution in [2.24, 2.45) is 5.92 Å². The number of ether oxygens (including phenoxy) is 3. The molecule has 1 N–H and O–H groups in total. The average molecular weight is 417 g/mol. The van der Waals surface area contributed by atoms with Gasteiger partial charge in [-0.1, -0.05) is 49.5 Å². The van der Waals surface area contributed by atoms with Crippen molar-refractivity contribution in [2.45, 2.75) is 95.4 Å². The van der Waals surface area contributed by atoms with E-state index in [1.165, 1.54) is 11.6 Å². The monoisotopic (exact) mass is 416 g/mol. The fourth-order valence-electron chi connectivity index (χ4n) is 4.42. The molecule has 3 rings (SSSR count). The van der Waals surface area contributed by atoms with Gasteiger partial charge in [0.2, 0.25) is 0 Å². The Labute approximate surface area is 180 Å². The molecule has 0 aromatic carbocycles. The molecule has 0 unspecified atom stereocenters. The number of esters is 1. The quantitative estimate of drug-likeness (QED) is 0.410. The molecule has 0 aliphatic carbocycles. The summed E-state index contributed by atoms with van der Waals surface area (Å²) in [6.07, 6.45) is 15.7. The Balaban J connectivity index is 1.68. The van der Waals surface area contributed by atoms with Gasteiger partial charge in [0.25, 0.3) is 0 Å². The van der Waals surface area contributed by atoms with Gasteiger partial charge in [-0.2, -0.15) is 0 Å². The van der Waals surface area contributed by atoms with Crippen LogP contribution >= 0.6 is 0 Å². The summed E-state index contributed by atoms with van der Waals surface area (Å²) in [5, 5.41) is 10.4. The van der Waals surface area contributed by atoms with Gasteiger partial charge < -0.3 is 19.3 Å². The summed E-state index contributed by atoms with van der Waals surface area (Å²) in [6, 6.07) is 0. The van der Waals surface area contributed by atoms with Crippen molar-refractivity contribution in [3.8, 4) is 0 Å². The van der Waals surface area contributed by atoms with E-state index in [2.05, 4.69) is 25.7 Å². The number of carbonyl (C=O) groups is 1. The second-order valence-electron chi connectivity index (χ2n) is 8.87. The maximum absolute atomic E-state index is 12.3. The molecule has 5 nitrogen and oxygen atoms in total. The lowest BCUT2D eigenvalue weighted by Crippen LogP contribution is -2.31. The fourth-order valence-corrected chi connectivity index (χ4v) is 4.42. The minimum Gasteiger partial charge on any atom is -0.456 e. The number of rotatable bonds is 2. The van der Waals surface area contributed by atoms with Gasteiger partial charge in [-0.3, -0.25) is 0 Å². The lowest BCUT2D eigenvalue weighted by Gasteiger charge is -2.28. The van der Waals surface area contributed by atoms with Gasteiger partial charge in [0.1, 0.15) is 12.2 Å². The molecule has 30 heavy (non-hydrogen) atoms. The van der Waals surface area contributed by atoms with Crippen LogP contribution in [-0.2, 0) is 19.0 Å². The second kappa shape index (κ2) is 11.1. The highest BCUT2D eigenvalue weighted by molar-refractivity contribution is 5.82. The van der Waals surface area contributed by atoms with Crippen molar-refractivity contribution in [3.05, 3.63) is 48.6 Å². The molecule has 3 aliphatic heterocycles. The Kier molecular flexibility index (Phi) is 8.49. The van der Waals surface area contributed by atoms with Gasteiger partial charge >= 0.3 is 5.97 Å². The minimum atomic E-state index is -0.844. The van der Waals surface area contributed by atoms with Crippen molar-refractivity contribution in [1.82, 2.24) is 0 Å². The Bertz CT molecular complexity index is 679. The fraction of sp³-hybridized carbons (Fsp3) is 0.640. The summed E-state index contributed by atoms with van der Waals surface area (Å²) in [6.45, 7) is 8.36. The standard InChI is InChI=1S/C25H36O5/c1-4-7-21(26)23-16-24-22(29-24)13-12-17(2)14-18(3)15-20-10-5-8-19(28-20)9-6-11-25(27)30-23/h4-8,11,18-24,26H,2,9-10,12-16H2,1,3H3/b7-4+,11-6-/t18-,19-,20-,21-,22-,23-,24-/m0/s1. The summed E-state index contributed by atoms with van der Waals surface area (Å²) < 4.78 is 17.6. The number of fused-ring (bicyclic) bond motifs is 3. The zero-order chi connectivity index (χ0) is 21.5. The average Bonchev–Trinajstić information content (AvgIpc) is 3.43. The summed E-state index contributed by atoms with van der Waals surface area (Å²) in [7, 11) is 0. The van der Waals surface area contributed by atoms with Crippen LogP contribution < -0.4 is 0 Å². The smallest absolute Gasteiger partial charge is 0.330 e. The lowest BCUT2D eigenvalue weighted by atomic mass is 9.91. The van der Waals surface area contributed by atoms with Crippen molar-refractivity contribution >= 4 is 5.97 Å². The summed E-state index contributed by atoms with van der Waals surface area (Å²) in [5.74, 6) is 0.0792. The van der Waals surface area contributed by atoms with Crippen LogP contribution in [0.4, 0.5) is 0 Å². The first-order valence-corrected chi connectivity index (χ1v) is 11.3. The van der Waals surface area contributed by atoms with Crippen LogP contribution in [0.1, 0.15) is 58.8 Å². The molecular formula is C25H36O5. The van der Waals surface area contributed by atoms with Gasteiger partial charge in [-0.15, -0.1) is 0 Å². The van der Waals surface area contributed by atoms with Crippen molar-refractivity contribution in [3.63, 3.8) is 0 Å². The predicted octanol–water partition coefficient (Wildman–Crippen LogP) is 4.42. The van der Waals surface area contributed by atoms with Crippen LogP contribution in [0.2, 0.25) is 0 Å². The topological polar surface area (TPSA) is 68.3 Å². The zero-order valence-corrected chi connectivity index (χ0v) is 18.2. The van der Waals surface area contributed by atoms with Gasteiger partial charge in [0.05, 0.1) is 24.4 Å². The minimum absolute atomic E-state index is 0.0212. The van der Waals surface area contributed by atoms with E-state index in [4.69, 9.17) is 14.2 Å². The van der Waals surface area contributed by atoms with Crippen LogP contribution in [-0.4, -0.2) is 47.7 Å². The third-order valence-corrected chi connectivity index (χ3v) is 6.01. The van der Waals surface area contributed by atoms with Crippen molar-refractivity contribution in [2.75, 3.05) is 0 Å². The molecule has 3 aliphatic rings. The SMILES string of the molecule is C=C1CC[C@@H]2O[C@H]2C[C@@H]([C@@H](O)/C=C/C)OC(=O)/C=C\C[C@@H]2C=CC[C@@H](C[C@@H](C)C1)O2. The largest absolute Gasteiger partial charge is 0.456 e. The van der Waals surface area contributed by atoms with Crippen LogP contribution in [0, 0.1) is 5.92 Å². The molecule has 5 heteroatoms. The Morgan fingerprint density at radius 2 is 2.03 bits per heavy atom. The first-order valence-electron chi connectivity index (χ1n) is 11.3. The molecule has 0 aromatic heterocycles. The van der Waals surface area contributed by atoms with E-state index < -0.39 is 18.2 Å². The van der Waals surface area contributed by atoms with Crippen molar-refractivity contribution < 1.29 is 24.1 Å². The van der Waals surface area contributed by atoms with E-state index in [0.29, 0.717) is 18.8 Å². The summed E-state index contributed by atoms with van der Waals surface area (Å²) in [4.78, 5) is 12.3. The highest BCUT2D eigenvalue weighted by Crippen LogP contribution is 2.34. The molecule has 1 saturated heterocycles. The number of cyclic esters (lactones) is 1. The Morgan fingerprint density at radius 1 is 1.20 bits per heavy atom. The first kappa shape index (κ1) is 23.0. The molecule has 3 heterocycles. The maximum atomic E-state index is 12.3. The number of aliphatic hydroxyl groups excluding tert-OH is 1.